The van der Waals surface area contributed by atoms with Gasteiger partial charge in [-0.05, 0) is 49.9 Å². The minimum absolute atomic E-state index is 0.0444. The number of nitrogens with one attached hydrogen (secondary N) is 1. The summed E-state index contributed by atoms with van der Waals surface area (Å²) in [6.07, 6.45) is 2.43. The molecule has 2 atom stereocenters. The van der Waals surface area contributed by atoms with Crippen molar-refractivity contribution in [1.29, 1.82) is 0 Å². The van der Waals surface area contributed by atoms with Crippen molar-refractivity contribution in [2.75, 3.05) is 20.3 Å². The Balaban J connectivity index is 1.29. The van der Waals surface area contributed by atoms with Gasteiger partial charge in [-0.1, -0.05) is 12.1 Å². The number of carbonyl (C=O) groups excluding carboxylic acids is 2. The van der Waals surface area contributed by atoms with Crippen LogP contribution in [0, 0.1) is 11.7 Å². The van der Waals surface area contributed by atoms with E-state index in [4.69, 9.17) is 20.2 Å². The van der Waals surface area contributed by atoms with E-state index < -0.39 is 35.2 Å². The molecule has 14 heteroatoms. The number of benzene rings is 2. The van der Waals surface area contributed by atoms with Crippen LogP contribution in [0.1, 0.15) is 47.9 Å². The number of alkyl halides is 2. The first-order valence-corrected chi connectivity index (χ1v) is 15.3. The van der Waals surface area contributed by atoms with Crippen molar-refractivity contribution < 1.29 is 37.3 Å². The molecule has 4 N–H and O–H groups in total. The van der Waals surface area contributed by atoms with E-state index in [9.17, 15) is 27.9 Å². The van der Waals surface area contributed by atoms with Gasteiger partial charge in [-0.3, -0.25) is 9.59 Å². The SMILES string of the molecule is COc1cc(C(=O)NCC(O)(c2cc3c(c(-c4csc5c(F)cccc45)n2)OC[C@]3(C)C(N)=O)C2CC2)cc2cn(C(F)F)nc12. The number of rotatable bonds is 9. The zero-order valence-electron chi connectivity index (χ0n) is 24.6. The predicted octanol–water partition coefficient (Wildman–Crippen LogP) is 5.02. The zero-order valence-corrected chi connectivity index (χ0v) is 25.5. The Morgan fingerprint density at radius 3 is 2.78 bits per heavy atom. The van der Waals surface area contributed by atoms with Crippen LogP contribution in [-0.2, 0) is 15.8 Å². The number of hydrogen-bond donors (Lipinski definition) is 3. The van der Waals surface area contributed by atoms with E-state index in [-0.39, 0.29) is 47.0 Å². The molecule has 46 heavy (non-hydrogen) atoms. The van der Waals surface area contributed by atoms with Crippen LogP contribution >= 0.6 is 11.3 Å². The molecule has 1 aliphatic carbocycles. The average Bonchev–Trinajstić information content (AvgIpc) is 3.51. The minimum Gasteiger partial charge on any atom is -0.494 e. The lowest BCUT2D eigenvalue weighted by Gasteiger charge is -2.30. The van der Waals surface area contributed by atoms with Gasteiger partial charge in [0, 0.05) is 39.0 Å². The van der Waals surface area contributed by atoms with Crippen molar-refractivity contribution >= 4 is 44.1 Å². The van der Waals surface area contributed by atoms with Crippen molar-refractivity contribution in [2.45, 2.75) is 37.3 Å². The van der Waals surface area contributed by atoms with Gasteiger partial charge >= 0.3 is 6.55 Å². The number of aliphatic hydroxyl groups is 1. The zero-order chi connectivity index (χ0) is 32.5. The van der Waals surface area contributed by atoms with Crippen molar-refractivity contribution in [3.05, 3.63) is 70.6 Å². The van der Waals surface area contributed by atoms with E-state index in [2.05, 4.69) is 10.4 Å². The summed E-state index contributed by atoms with van der Waals surface area (Å²) in [5.41, 5.74) is 4.74. The maximum atomic E-state index is 14.7. The number of nitrogens with two attached hydrogens (primary N) is 1. The van der Waals surface area contributed by atoms with Crippen LogP contribution in [-0.4, -0.2) is 51.9 Å². The van der Waals surface area contributed by atoms with Crippen LogP contribution in [0.15, 0.2) is 48.0 Å². The Morgan fingerprint density at radius 1 is 1.30 bits per heavy atom. The normalized spacial score (nSPS) is 18.8. The number of amides is 2. The molecule has 4 heterocycles. The number of primary amides is 1. The lowest BCUT2D eigenvalue weighted by atomic mass is 9.81. The number of fused-ring (bicyclic) bond motifs is 3. The number of nitrogens with zero attached hydrogens (tertiary/aromatic N) is 3. The number of ether oxygens (including phenoxy) is 2. The summed E-state index contributed by atoms with van der Waals surface area (Å²) >= 11 is 1.20. The molecule has 2 amide bonds. The molecule has 1 saturated carbocycles. The highest BCUT2D eigenvalue weighted by atomic mass is 32.1. The van der Waals surface area contributed by atoms with Crippen LogP contribution in [0.2, 0.25) is 0 Å². The topological polar surface area (TPSA) is 142 Å². The van der Waals surface area contributed by atoms with E-state index in [1.807, 2.05) is 0 Å². The summed E-state index contributed by atoms with van der Waals surface area (Å²) in [5, 5.41) is 21.5. The molecule has 0 spiro atoms. The smallest absolute Gasteiger partial charge is 0.333 e. The maximum absolute atomic E-state index is 14.7. The Hall–Kier alpha value is -4.69. The number of hydrogen-bond acceptors (Lipinski definition) is 8. The monoisotopic (exact) mass is 651 g/mol. The first kappa shape index (κ1) is 30.0. The Labute approximate surface area is 263 Å². The van der Waals surface area contributed by atoms with Crippen molar-refractivity contribution in [3.8, 4) is 22.8 Å². The molecular formula is C32H28F3N5O5S. The Bertz CT molecular complexity index is 2060. The summed E-state index contributed by atoms with van der Waals surface area (Å²) in [7, 11) is 1.34. The van der Waals surface area contributed by atoms with E-state index in [0.29, 0.717) is 50.2 Å². The van der Waals surface area contributed by atoms with Crippen molar-refractivity contribution in [2.24, 2.45) is 11.7 Å². The van der Waals surface area contributed by atoms with E-state index >= 15 is 0 Å². The minimum atomic E-state index is -2.87. The molecule has 2 aliphatic rings. The number of halogens is 3. The van der Waals surface area contributed by atoms with Gasteiger partial charge in [0.15, 0.2) is 0 Å². The van der Waals surface area contributed by atoms with Gasteiger partial charge in [0.05, 0.1) is 24.0 Å². The largest absolute Gasteiger partial charge is 0.494 e. The molecule has 10 nitrogen and oxygen atoms in total. The molecule has 0 saturated heterocycles. The molecule has 0 bridgehead atoms. The number of carbonyl (C=O) groups is 2. The molecular weight excluding hydrogens is 623 g/mol. The van der Waals surface area contributed by atoms with Gasteiger partial charge in [0.25, 0.3) is 5.91 Å². The average molecular weight is 652 g/mol. The molecule has 3 aromatic heterocycles. The fraction of sp³-hybridized carbons (Fsp3) is 0.312. The number of pyridine rings is 1. The van der Waals surface area contributed by atoms with E-state index in [0.717, 1.165) is 6.20 Å². The fourth-order valence-electron chi connectivity index (χ4n) is 6.03. The van der Waals surface area contributed by atoms with E-state index in [1.165, 1.54) is 36.6 Å². The molecule has 2 aromatic carbocycles. The molecule has 1 unspecified atom stereocenters. The third kappa shape index (κ3) is 4.66. The van der Waals surface area contributed by atoms with Gasteiger partial charge in [0.1, 0.15) is 46.1 Å². The highest BCUT2D eigenvalue weighted by Crippen LogP contribution is 2.51. The third-order valence-electron chi connectivity index (χ3n) is 8.91. The molecule has 7 rings (SSSR count). The highest BCUT2D eigenvalue weighted by molar-refractivity contribution is 7.17. The summed E-state index contributed by atoms with van der Waals surface area (Å²) in [6.45, 7) is -1.53. The second kappa shape index (κ2) is 10.7. The standard InChI is InChI=1S/C32H28F3N5O5S/c1-31(29(36)42)14-45-26-20(31)10-23(38-25(26)19-12-46-27-18(19)4-3-5-21(27)33)32(43,17-6-7-17)13-37-28(41)15-8-16-11-40(30(34)35)39-24(16)22(9-15)44-2/h3-5,8-12,17,30,43H,6-7,13-14H2,1-2H3,(H2,36,42)(H,37,41)/t31-,32?/m0/s1. The van der Waals surface area contributed by atoms with Gasteiger partial charge in [-0.2, -0.15) is 13.9 Å². The van der Waals surface area contributed by atoms with Crippen LogP contribution in [0.5, 0.6) is 11.5 Å². The first-order chi connectivity index (χ1) is 21.9. The van der Waals surface area contributed by atoms with Crippen LogP contribution < -0.4 is 20.5 Å². The Morgan fingerprint density at radius 2 is 2.09 bits per heavy atom. The summed E-state index contributed by atoms with van der Waals surface area (Å²) in [4.78, 5) is 31.0. The van der Waals surface area contributed by atoms with E-state index in [1.54, 1.807) is 30.5 Å². The molecule has 238 valence electrons. The molecule has 1 fully saturated rings. The number of thiophene rings is 1. The Kier molecular flexibility index (Phi) is 6.97. The van der Waals surface area contributed by atoms with Gasteiger partial charge in [-0.25, -0.2) is 14.1 Å². The number of aromatic nitrogens is 3. The van der Waals surface area contributed by atoms with Gasteiger partial charge in [-0.15, -0.1) is 11.3 Å². The second-order valence-corrected chi connectivity index (χ2v) is 12.7. The van der Waals surface area contributed by atoms with Gasteiger partial charge in [0.2, 0.25) is 5.91 Å². The van der Waals surface area contributed by atoms with Crippen LogP contribution in [0.3, 0.4) is 0 Å². The van der Waals surface area contributed by atoms with Crippen molar-refractivity contribution in [3.63, 3.8) is 0 Å². The highest BCUT2D eigenvalue weighted by Gasteiger charge is 2.50. The lowest BCUT2D eigenvalue weighted by molar-refractivity contribution is -0.123. The summed E-state index contributed by atoms with van der Waals surface area (Å²) in [6, 6.07) is 9.12. The van der Waals surface area contributed by atoms with Crippen molar-refractivity contribution in [1.82, 2.24) is 20.1 Å². The first-order valence-electron chi connectivity index (χ1n) is 14.4. The van der Waals surface area contributed by atoms with Crippen LogP contribution in [0.25, 0.3) is 32.2 Å². The fourth-order valence-corrected chi connectivity index (χ4v) is 6.99. The third-order valence-corrected chi connectivity index (χ3v) is 9.92. The second-order valence-electron chi connectivity index (χ2n) is 11.9. The molecule has 0 radical (unpaired) electrons. The molecule has 5 aromatic rings. The summed E-state index contributed by atoms with van der Waals surface area (Å²) < 4.78 is 53.4. The van der Waals surface area contributed by atoms with Crippen LogP contribution in [0.4, 0.5) is 13.2 Å². The predicted molar refractivity (Wildman–Crippen MR) is 164 cm³/mol. The molecule has 1 aliphatic heterocycles. The number of methoxy groups -OCH3 is 1. The van der Waals surface area contributed by atoms with Gasteiger partial charge < -0.3 is 25.6 Å². The quantitative estimate of drug-likeness (QED) is 0.203. The maximum Gasteiger partial charge on any atom is 0.333 e. The lowest BCUT2D eigenvalue weighted by Crippen LogP contribution is -2.44. The summed E-state index contributed by atoms with van der Waals surface area (Å²) in [5.74, 6) is -1.42.